The number of halogens is 1. The molecule has 0 saturated heterocycles. The lowest BCUT2D eigenvalue weighted by Crippen LogP contribution is -2.15. The third-order valence-electron chi connectivity index (χ3n) is 4.26. The van der Waals surface area contributed by atoms with Gasteiger partial charge in [0.05, 0.1) is 5.69 Å². The Bertz CT molecular complexity index is 1080. The number of carbonyl (C=O) groups excluding carboxylic acids is 2. The standard InChI is InChI=1S/C23H20BrNO4/c1-15-13-18(16(2)25(15)21-12-8-7-11-20(21)24)14-22(28-17(3)26)23(27)29-19-9-5-4-6-10-19/h4-14H,1-3H3. The maximum atomic E-state index is 12.6. The SMILES string of the molecule is CC(=O)OC(=Cc1cc(C)n(-c2ccccc2Br)c1C)C(=O)Oc1ccccc1. The molecule has 0 bridgehead atoms. The van der Waals surface area contributed by atoms with Crippen LogP contribution in [0.15, 0.2) is 70.9 Å². The van der Waals surface area contributed by atoms with E-state index in [-0.39, 0.29) is 5.76 Å². The molecule has 0 fully saturated rings. The van der Waals surface area contributed by atoms with Gasteiger partial charge in [0.1, 0.15) is 5.75 Å². The summed E-state index contributed by atoms with van der Waals surface area (Å²) in [6, 6.07) is 18.4. The van der Waals surface area contributed by atoms with Crippen LogP contribution in [0.2, 0.25) is 0 Å². The second-order valence-corrected chi connectivity index (χ2v) is 7.27. The van der Waals surface area contributed by atoms with Crippen molar-refractivity contribution in [2.24, 2.45) is 0 Å². The molecule has 0 aliphatic heterocycles. The van der Waals surface area contributed by atoms with Crippen LogP contribution in [0.4, 0.5) is 0 Å². The number of rotatable bonds is 5. The predicted molar refractivity (Wildman–Crippen MR) is 115 cm³/mol. The highest BCUT2D eigenvalue weighted by Gasteiger charge is 2.19. The second-order valence-electron chi connectivity index (χ2n) is 6.42. The molecule has 3 aromatic rings. The number of hydrogen-bond donors (Lipinski definition) is 0. The lowest BCUT2D eigenvalue weighted by atomic mass is 10.2. The molecule has 148 valence electrons. The minimum Gasteiger partial charge on any atom is -0.421 e. The Kier molecular flexibility index (Phi) is 6.34. The zero-order valence-corrected chi connectivity index (χ0v) is 17.9. The van der Waals surface area contributed by atoms with Gasteiger partial charge in [-0.15, -0.1) is 0 Å². The second kappa shape index (κ2) is 8.92. The van der Waals surface area contributed by atoms with Crippen LogP contribution in [-0.4, -0.2) is 16.5 Å². The maximum Gasteiger partial charge on any atom is 0.379 e. The first-order chi connectivity index (χ1) is 13.9. The van der Waals surface area contributed by atoms with Crippen molar-refractivity contribution in [1.82, 2.24) is 4.57 Å². The largest absolute Gasteiger partial charge is 0.421 e. The fraction of sp³-hybridized carbons (Fsp3) is 0.130. The molecule has 1 heterocycles. The van der Waals surface area contributed by atoms with E-state index in [9.17, 15) is 9.59 Å². The van der Waals surface area contributed by atoms with Gasteiger partial charge in [-0.05, 0) is 71.7 Å². The summed E-state index contributed by atoms with van der Waals surface area (Å²) in [5.41, 5.74) is 3.59. The van der Waals surface area contributed by atoms with E-state index in [4.69, 9.17) is 9.47 Å². The normalized spacial score (nSPS) is 11.2. The van der Waals surface area contributed by atoms with Gasteiger partial charge in [-0.2, -0.15) is 0 Å². The predicted octanol–water partition coefficient (Wildman–Crippen LogP) is 5.37. The number of para-hydroxylation sites is 2. The Morgan fingerprint density at radius 2 is 1.66 bits per heavy atom. The Hall–Kier alpha value is -3.12. The van der Waals surface area contributed by atoms with Crippen molar-refractivity contribution in [3.05, 3.63) is 87.8 Å². The molecule has 0 radical (unpaired) electrons. The number of carbonyl (C=O) groups is 2. The van der Waals surface area contributed by atoms with Gasteiger partial charge in [0.2, 0.25) is 5.76 Å². The van der Waals surface area contributed by atoms with Crippen LogP contribution >= 0.6 is 15.9 Å². The smallest absolute Gasteiger partial charge is 0.379 e. The summed E-state index contributed by atoms with van der Waals surface area (Å²) in [5, 5.41) is 0. The maximum absolute atomic E-state index is 12.6. The molecule has 0 unspecified atom stereocenters. The number of aryl methyl sites for hydroxylation is 1. The van der Waals surface area contributed by atoms with Gasteiger partial charge in [-0.25, -0.2) is 4.79 Å². The quantitative estimate of drug-likeness (QED) is 0.225. The summed E-state index contributed by atoms with van der Waals surface area (Å²) in [4.78, 5) is 24.1. The molecular formula is C23H20BrNO4. The number of hydrogen-bond acceptors (Lipinski definition) is 4. The van der Waals surface area contributed by atoms with Crippen molar-refractivity contribution in [3.8, 4) is 11.4 Å². The van der Waals surface area contributed by atoms with E-state index in [1.54, 1.807) is 24.3 Å². The zero-order chi connectivity index (χ0) is 21.0. The van der Waals surface area contributed by atoms with Crippen LogP contribution in [0.5, 0.6) is 5.75 Å². The number of ether oxygens (including phenoxy) is 2. The molecule has 0 spiro atoms. The molecule has 0 aliphatic rings. The van der Waals surface area contributed by atoms with E-state index in [0.717, 1.165) is 27.1 Å². The first-order valence-corrected chi connectivity index (χ1v) is 9.77. The molecule has 3 rings (SSSR count). The number of esters is 2. The van der Waals surface area contributed by atoms with Gasteiger partial charge in [-0.3, -0.25) is 4.79 Å². The summed E-state index contributed by atoms with van der Waals surface area (Å²) in [6.07, 6.45) is 1.53. The Labute approximate surface area is 177 Å². The first-order valence-electron chi connectivity index (χ1n) is 8.98. The Morgan fingerprint density at radius 3 is 2.31 bits per heavy atom. The van der Waals surface area contributed by atoms with E-state index in [0.29, 0.717) is 5.75 Å². The highest BCUT2D eigenvalue weighted by Crippen LogP contribution is 2.28. The summed E-state index contributed by atoms with van der Waals surface area (Å²) < 4.78 is 13.5. The number of benzene rings is 2. The zero-order valence-electron chi connectivity index (χ0n) is 16.3. The van der Waals surface area contributed by atoms with Gasteiger partial charge in [0, 0.05) is 22.8 Å². The molecule has 0 amide bonds. The van der Waals surface area contributed by atoms with Crippen LogP contribution in [0, 0.1) is 13.8 Å². The van der Waals surface area contributed by atoms with Crippen molar-refractivity contribution >= 4 is 33.9 Å². The van der Waals surface area contributed by atoms with Crippen molar-refractivity contribution in [2.75, 3.05) is 0 Å². The summed E-state index contributed by atoms with van der Waals surface area (Å²) >= 11 is 3.57. The number of nitrogens with zero attached hydrogens (tertiary/aromatic N) is 1. The summed E-state index contributed by atoms with van der Waals surface area (Å²) in [5.74, 6) is -1.14. The third kappa shape index (κ3) is 4.84. The average Bonchev–Trinajstić information content (AvgIpc) is 2.95. The van der Waals surface area contributed by atoms with Crippen molar-refractivity contribution in [3.63, 3.8) is 0 Å². The van der Waals surface area contributed by atoms with Crippen molar-refractivity contribution in [2.45, 2.75) is 20.8 Å². The van der Waals surface area contributed by atoms with E-state index in [2.05, 4.69) is 20.5 Å². The average molecular weight is 454 g/mol. The van der Waals surface area contributed by atoms with E-state index >= 15 is 0 Å². The Balaban J connectivity index is 2.00. The highest BCUT2D eigenvalue weighted by molar-refractivity contribution is 9.10. The molecule has 0 saturated carbocycles. The molecule has 2 aromatic carbocycles. The van der Waals surface area contributed by atoms with E-state index < -0.39 is 11.9 Å². The fourth-order valence-electron chi connectivity index (χ4n) is 3.01. The first kappa shape index (κ1) is 20.6. The molecule has 0 atom stereocenters. The van der Waals surface area contributed by atoms with Gasteiger partial charge < -0.3 is 14.0 Å². The van der Waals surface area contributed by atoms with Crippen LogP contribution < -0.4 is 4.74 Å². The molecule has 0 aliphatic carbocycles. The summed E-state index contributed by atoms with van der Waals surface area (Å²) in [6.45, 7) is 5.15. The molecule has 5 nitrogen and oxygen atoms in total. The minimum atomic E-state index is -0.739. The molecule has 29 heavy (non-hydrogen) atoms. The van der Waals surface area contributed by atoms with Crippen LogP contribution in [0.3, 0.4) is 0 Å². The summed E-state index contributed by atoms with van der Waals surface area (Å²) in [7, 11) is 0. The molecular weight excluding hydrogens is 434 g/mol. The molecule has 6 heteroatoms. The third-order valence-corrected chi connectivity index (χ3v) is 4.93. The van der Waals surface area contributed by atoms with Crippen LogP contribution in [0.1, 0.15) is 23.9 Å². The van der Waals surface area contributed by atoms with Gasteiger partial charge in [-0.1, -0.05) is 30.3 Å². The highest BCUT2D eigenvalue weighted by atomic mass is 79.9. The monoisotopic (exact) mass is 453 g/mol. The minimum absolute atomic E-state index is 0.172. The number of aromatic nitrogens is 1. The van der Waals surface area contributed by atoms with E-state index in [1.165, 1.54) is 13.0 Å². The lowest BCUT2D eigenvalue weighted by Gasteiger charge is -2.12. The van der Waals surface area contributed by atoms with Gasteiger partial charge >= 0.3 is 11.9 Å². The van der Waals surface area contributed by atoms with Crippen molar-refractivity contribution in [1.29, 1.82) is 0 Å². The lowest BCUT2D eigenvalue weighted by molar-refractivity contribution is -0.145. The van der Waals surface area contributed by atoms with E-state index in [1.807, 2.05) is 50.2 Å². The topological polar surface area (TPSA) is 57.5 Å². The van der Waals surface area contributed by atoms with Crippen LogP contribution in [-0.2, 0) is 14.3 Å². The van der Waals surface area contributed by atoms with Crippen LogP contribution in [0.25, 0.3) is 11.8 Å². The van der Waals surface area contributed by atoms with Crippen molar-refractivity contribution < 1.29 is 19.1 Å². The Morgan fingerprint density at radius 1 is 1.00 bits per heavy atom. The van der Waals surface area contributed by atoms with Gasteiger partial charge in [0.15, 0.2) is 0 Å². The molecule has 1 aromatic heterocycles. The van der Waals surface area contributed by atoms with Gasteiger partial charge in [0.25, 0.3) is 0 Å². The fourth-order valence-corrected chi connectivity index (χ4v) is 3.47. The molecule has 0 N–H and O–H groups in total.